The Hall–Kier alpha value is -0.810. The quantitative estimate of drug-likeness (QED) is 0.789. The van der Waals surface area contributed by atoms with Gasteiger partial charge in [-0.25, -0.2) is 0 Å². The highest BCUT2D eigenvalue weighted by atomic mass is 35.5. The van der Waals surface area contributed by atoms with Crippen molar-refractivity contribution in [3.8, 4) is 0 Å². The number of benzene rings is 1. The second-order valence-electron chi connectivity index (χ2n) is 5.04. The van der Waals surface area contributed by atoms with Gasteiger partial charge in [0, 0.05) is 35.9 Å². The van der Waals surface area contributed by atoms with Gasteiger partial charge in [-0.2, -0.15) is 0 Å². The lowest BCUT2D eigenvalue weighted by Crippen LogP contribution is -2.44. The molecule has 1 saturated heterocycles. The Labute approximate surface area is 125 Å². The summed E-state index contributed by atoms with van der Waals surface area (Å²) in [4.78, 5) is 2.25. The van der Waals surface area contributed by atoms with E-state index in [1.807, 2.05) is 12.1 Å². The van der Waals surface area contributed by atoms with Crippen LogP contribution in [0.3, 0.4) is 0 Å². The fourth-order valence-electron chi connectivity index (χ4n) is 2.46. The lowest BCUT2D eigenvalue weighted by molar-refractivity contribution is 0.00352. The minimum absolute atomic E-state index is 0.0560. The Morgan fingerprint density at radius 2 is 2.35 bits per heavy atom. The number of halogens is 1. The average Bonchev–Trinajstić information content (AvgIpc) is 2.49. The monoisotopic (exact) mass is 298 g/mol. The van der Waals surface area contributed by atoms with Gasteiger partial charge in [-0.05, 0) is 25.1 Å². The molecule has 1 aliphatic heterocycles. The highest BCUT2D eigenvalue weighted by Gasteiger charge is 2.22. The number of aliphatic hydroxyl groups is 1. The lowest BCUT2D eigenvalue weighted by Gasteiger charge is -2.35. The van der Waals surface area contributed by atoms with Crippen molar-refractivity contribution in [2.75, 3.05) is 37.7 Å². The molecule has 1 heterocycles. The molecule has 0 radical (unpaired) electrons. The van der Waals surface area contributed by atoms with Crippen LogP contribution in [-0.2, 0) is 11.3 Å². The summed E-state index contributed by atoms with van der Waals surface area (Å²) in [6.07, 6.45) is 0.989. The zero-order chi connectivity index (χ0) is 14.4. The predicted octanol–water partition coefficient (Wildman–Crippen LogP) is 2.04. The fraction of sp³-hybridized carbons (Fsp3) is 0.600. The van der Waals surface area contributed by atoms with Crippen molar-refractivity contribution in [1.29, 1.82) is 0 Å². The number of morpholine rings is 1. The maximum atomic E-state index is 9.26. The molecule has 1 aliphatic rings. The summed E-state index contributed by atoms with van der Waals surface area (Å²) in [6, 6.07) is 6.00. The first-order chi connectivity index (χ1) is 9.76. The molecule has 0 bridgehead atoms. The Bertz CT molecular complexity index is 428. The minimum Gasteiger partial charge on any atom is -0.394 e. The van der Waals surface area contributed by atoms with E-state index in [0.29, 0.717) is 13.2 Å². The van der Waals surface area contributed by atoms with E-state index in [0.717, 1.165) is 42.3 Å². The molecule has 0 spiro atoms. The van der Waals surface area contributed by atoms with Crippen molar-refractivity contribution in [2.24, 2.45) is 0 Å². The third-order valence-electron chi connectivity index (χ3n) is 3.51. The summed E-state index contributed by atoms with van der Waals surface area (Å²) in [5.41, 5.74) is 2.27. The topological polar surface area (TPSA) is 44.7 Å². The maximum Gasteiger partial charge on any atom is 0.0980 e. The van der Waals surface area contributed by atoms with Crippen molar-refractivity contribution in [2.45, 2.75) is 26.0 Å². The van der Waals surface area contributed by atoms with Crippen LogP contribution in [0.1, 0.15) is 18.9 Å². The highest BCUT2D eigenvalue weighted by Crippen LogP contribution is 2.28. The summed E-state index contributed by atoms with van der Waals surface area (Å²) < 4.78 is 5.51. The molecular formula is C15H23ClN2O2. The van der Waals surface area contributed by atoms with E-state index in [-0.39, 0.29) is 12.7 Å². The molecule has 20 heavy (non-hydrogen) atoms. The van der Waals surface area contributed by atoms with Crippen LogP contribution < -0.4 is 10.2 Å². The molecule has 5 heteroatoms. The number of anilines is 1. The number of hydrogen-bond donors (Lipinski definition) is 2. The molecule has 2 N–H and O–H groups in total. The second-order valence-corrected chi connectivity index (χ2v) is 5.44. The van der Waals surface area contributed by atoms with E-state index in [1.165, 1.54) is 0 Å². The summed E-state index contributed by atoms with van der Waals surface area (Å²) in [5.74, 6) is 0. The predicted molar refractivity (Wildman–Crippen MR) is 82.5 cm³/mol. The van der Waals surface area contributed by atoms with Gasteiger partial charge < -0.3 is 20.1 Å². The van der Waals surface area contributed by atoms with Gasteiger partial charge >= 0.3 is 0 Å². The number of ether oxygens (including phenoxy) is 1. The molecule has 0 aromatic heterocycles. The molecule has 1 unspecified atom stereocenters. The molecule has 0 saturated carbocycles. The van der Waals surface area contributed by atoms with E-state index < -0.39 is 0 Å². The zero-order valence-corrected chi connectivity index (χ0v) is 12.7. The Morgan fingerprint density at radius 3 is 3.10 bits per heavy atom. The summed E-state index contributed by atoms with van der Waals surface area (Å²) >= 11 is 6.35. The highest BCUT2D eigenvalue weighted by molar-refractivity contribution is 6.31. The van der Waals surface area contributed by atoms with E-state index in [2.05, 4.69) is 23.2 Å². The molecule has 0 aliphatic carbocycles. The van der Waals surface area contributed by atoms with E-state index in [9.17, 15) is 5.11 Å². The van der Waals surface area contributed by atoms with Crippen LogP contribution in [0.4, 0.5) is 5.69 Å². The normalized spacial score (nSPS) is 19.4. The smallest absolute Gasteiger partial charge is 0.0980 e. The van der Waals surface area contributed by atoms with Gasteiger partial charge in [0.15, 0.2) is 0 Å². The largest absolute Gasteiger partial charge is 0.394 e. The Kier molecular flexibility index (Phi) is 6.10. The third kappa shape index (κ3) is 3.85. The zero-order valence-electron chi connectivity index (χ0n) is 11.9. The standard InChI is InChI=1S/C15H23ClN2O2/c1-2-6-17-9-13-14(16)4-3-5-15(13)18-7-8-20-12(10-18)11-19/h3-5,12,17,19H,2,6-11H2,1H3. The second kappa shape index (κ2) is 7.84. The van der Waals surface area contributed by atoms with Gasteiger partial charge in [0.1, 0.15) is 0 Å². The fourth-order valence-corrected chi connectivity index (χ4v) is 2.69. The number of aliphatic hydroxyl groups excluding tert-OH is 1. The van der Waals surface area contributed by atoms with Crippen LogP contribution in [0.2, 0.25) is 5.02 Å². The molecule has 0 amide bonds. The van der Waals surface area contributed by atoms with Crippen molar-refractivity contribution in [3.05, 3.63) is 28.8 Å². The Balaban J connectivity index is 2.15. The van der Waals surface area contributed by atoms with Crippen LogP contribution in [0.5, 0.6) is 0 Å². The minimum atomic E-state index is -0.112. The van der Waals surface area contributed by atoms with Crippen LogP contribution >= 0.6 is 11.6 Å². The third-order valence-corrected chi connectivity index (χ3v) is 3.86. The number of rotatable bonds is 6. The summed E-state index contributed by atoms with van der Waals surface area (Å²) in [7, 11) is 0. The molecule has 1 aromatic carbocycles. The van der Waals surface area contributed by atoms with Crippen LogP contribution in [0.25, 0.3) is 0 Å². The molecule has 112 valence electrons. The molecule has 1 atom stereocenters. The summed E-state index contributed by atoms with van der Waals surface area (Å²) in [6.45, 7) is 6.13. The summed E-state index contributed by atoms with van der Waals surface area (Å²) in [5, 5.41) is 13.5. The van der Waals surface area contributed by atoms with Gasteiger partial charge in [-0.15, -0.1) is 0 Å². The lowest BCUT2D eigenvalue weighted by atomic mass is 10.1. The van der Waals surface area contributed by atoms with Crippen LogP contribution in [-0.4, -0.2) is 44.1 Å². The van der Waals surface area contributed by atoms with Gasteiger partial charge in [0.2, 0.25) is 0 Å². The van der Waals surface area contributed by atoms with Crippen LogP contribution in [0.15, 0.2) is 18.2 Å². The van der Waals surface area contributed by atoms with Crippen molar-refractivity contribution < 1.29 is 9.84 Å². The number of nitrogens with one attached hydrogen (secondary N) is 1. The van der Waals surface area contributed by atoms with E-state index >= 15 is 0 Å². The first kappa shape index (κ1) is 15.6. The number of nitrogens with zero attached hydrogens (tertiary/aromatic N) is 1. The SMILES string of the molecule is CCCNCc1c(Cl)cccc1N1CCOC(CO)C1. The first-order valence-electron chi connectivity index (χ1n) is 7.21. The van der Waals surface area contributed by atoms with Crippen molar-refractivity contribution in [1.82, 2.24) is 5.32 Å². The molecule has 1 fully saturated rings. The van der Waals surface area contributed by atoms with Gasteiger partial charge in [0.05, 0.1) is 19.3 Å². The van der Waals surface area contributed by atoms with Crippen molar-refractivity contribution in [3.63, 3.8) is 0 Å². The van der Waals surface area contributed by atoms with Gasteiger partial charge in [0.25, 0.3) is 0 Å². The van der Waals surface area contributed by atoms with Crippen molar-refractivity contribution >= 4 is 17.3 Å². The van der Waals surface area contributed by atoms with E-state index in [4.69, 9.17) is 16.3 Å². The molecule has 2 rings (SSSR count). The molecule has 4 nitrogen and oxygen atoms in total. The van der Waals surface area contributed by atoms with Gasteiger partial charge in [-0.1, -0.05) is 24.6 Å². The van der Waals surface area contributed by atoms with E-state index in [1.54, 1.807) is 0 Å². The van der Waals surface area contributed by atoms with Gasteiger partial charge in [-0.3, -0.25) is 0 Å². The maximum absolute atomic E-state index is 9.26. The first-order valence-corrected chi connectivity index (χ1v) is 7.59. The molecular weight excluding hydrogens is 276 g/mol. The average molecular weight is 299 g/mol. The molecule has 1 aromatic rings. The van der Waals surface area contributed by atoms with Crippen LogP contribution in [0, 0.1) is 0 Å². The number of hydrogen-bond acceptors (Lipinski definition) is 4. The Morgan fingerprint density at radius 1 is 1.50 bits per heavy atom.